The lowest BCUT2D eigenvalue weighted by Crippen LogP contribution is -2.07. The van der Waals surface area contributed by atoms with E-state index in [2.05, 4.69) is 16.9 Å². The van der Waals surface area contributed by atoms with E-state index < -0.39 is 0 Å². The topological polar surface area (TPSA) is 58.4 Å². The summed E-state index contributed by atoms with van der Waals surface area (Å²) >= 11 is 3.31. The summed E-state index contributed by atoms with van der Waals surface area (Å²) < 4.78 is 18.2. The second kappa shape index (κ2) is 9.45. The summed E-state index contributed by atoms with van der Waals surface area (Å²) in [5, 5.41) is 4.03. The zero-order valence-electron chi connectivity index (χ0n) is 16.8. The number of thioether (sulfide) groups is 1. The Labute approximate surface area is 173 Å². The minimum absolute atomic E-state index is 0.669. The van der Waals surface area contributed by atoms with Crippen molar-refractivity contribution in [2.24, 2.45) is 0 Å². The zero-order valence-corrected chi connectivity index (χ0v) is 18.4. The second-order valence-electron chi connectivity index (χ2n) is 6.21. The maximum absolute atomic E-state index is 5.51. The van der Waals surface area contributed by atoms with E-state index in [9.17, 15) is 0 Å². The highest BCUT2D eigenvalue weighted by atomic mass is 32.2. The van der Waals surface area contributed by atoms with Crippen LogP contribution in [0.2, 0.25) is 0 Å². The molecule has 0 fully saturated rings. The minimum atomic E-state index is 0.669. The molecule has 0 atom stereocenters. The van der Waals surface area contributed by atoms with Crippen molar-refractivity contribution in [3.8, 4) is 22.1 Å². The lowest BCUT2D eigenvalue weighted by atomic mass is 10.2. The summed E-state index contributed by atoms with van der Waals surface area (Å²) in [5.74, 6) is 2.29. The van der Waals surface area contributed by atoms with E-state index in [1.54, 1.807) is 44.4 Å². The highest BCUT2D eigenvalue weighted by molar-refractivity contribution is 7.98. The number of thiazole rings is 1. The van der Waals surface area contributed by atoms with Gasteiger partial charge in [0.1, 0.15) is 16.5 Å². The third-order valence-electron chi connectivity index (χ3n) is 4.48. The number of imidazole rings is 1. The lowest BCUT2D eigenvalue weighted by molar-refractivity contribution is 0.184. The molecule has 0 unspecified atom stereocenters. The molecular weight excluding hydrogens is 394 g/mol. The van der Waals surface area contributed by atoms with Crippen LogP contribution in [0.1, 0.15) is 17.1 Å². The van der Waals surface area contributed by atoms with Crippen molar-refractivity contribution in [3.63, 3.8) is 0 Å². The van der Waals surface area contributed by atoms with Crippen LogP contribution >= 0.6 is 23.1 Å². The number of benzene rings is 1. The molecule has 28 heavy (non-hydrogen) atoms. The molecule has 0 saturated carbocycles. The van der Waals surface area contributed by atoms with Crippen molar-refractivity contribution in [3.05, 3.63) is 40.7 Å². The summed E-state index contributed by atoms with van der Waals surface area (Å²) in [6.07, 6.45) is 0. The smallest absolute Gasteiger partial charge is 0.168 e. The van der Waals surface area contributed by atoms with Gasteiger partial charge >= 0.3 is 0 Å². The molecule has 3 rings (SSSR count). The third-order valence-corrected chi connectivity index (χ3v) is 6.42. The molecule has 0 aliphatic rings. The molecule has 0 saturated heterocycles. The lowest BCUT2D eigenvalue weighted by Gasteiger charge is -2.09. The van der Waals surface area contributed by atoms with Gasteiger partial charge in [-0.15, -0.1) is 11.3 Å². The van der Waals surface area contributed by atoms with E-state index in [1.165, 1.54) is 5.69 Å². The molecule has 2 heterocycles. The highest BCUT2D eigenvalue weighted by Gasteiger charge is 2.14. The van der Waals surface area contributed by atoms with Crippen LogP contribution in [0, 0.1) is 13.8 Å². The average molecular weight is 420 g/mol. The molecule has 150 valence electrons. The van der Waals surface area contributed by atoms with Crippen LogP contribution in [0.5, 0.6) is 11.5 Å². The van der Waals surface area contributed by atoms with Crippen molar-refractivity contribution >= 4 is 23.1 Å². The fourth-order valence-corrected chi connectivity index (χ4v) is 4.76. The Bertz CT molecular complexity index is 937. The first-order valence-corrected chi connectivity index (χ1v) is 10.8. The van der Waals surface area contributed by atoms with E-state index in [1.807, 2.05) is 25.1 Å². The molecule has 0 aliphatic heterocycles. The monoisotopic (exact) mass is 419 g/mol. The first kappa shape index (κ1) is 20.7. The maximum Gasteiger partial charge on any atom is 0.168 e. The summed E-state index contributed by atoms with van der Waals surface area (Å²) in [5.41, 5.74) is 4.24. The molecule has 3 aromatic rings. The molecule has 8 heteroatoms. The van der Waals surface area contributed by atoms with Crippen LogP contribution in [-0.2, 0) is 17.0 Å². The fourth-order valence-electron chi connectivity index (χ4n) is 2.79. The molecule has 1 aromatic carbocycles. The number of methoxy groups -OCH3 is 3. The van der Waals surface area contributed by atoms with Crippen molar-refractivity contribution in [1.29, 1.82) is 0 Å². The SMILES string of the molecule is COCCn1c(SCc2csc(-c3ccc(OC)cc3OC)n2)nc(C)c1C. The van der Waals surface area contributed by atoms with Crippen LogP contribution in [0.3, 0.4) is 0 Å². The van der Waals surface area contributed by atoms with Gasteiger partial charge in [0.25, 0.3) is 0 Å². The van der Waals surface area contributed by atoms with E-state index in [-0.39, 0.29) is 0 Å². The predicted octanol–water partition coefficient (Wildman–Crippen LogP) is 4.58. The number of aromatic nitrogens is 3. The molecule has 0 aliphatic carbocycles. The Morgan fingerprint density at radius 1 is 1.11 bits per heavy atom. The van der Waals surface area contributed by atoms with Gasteiger partial charge in [0.15, 0.2) is 5.16 Å². The molecule has 0 bridgehead atoms. The van der Waals surface area contributed by atoms with E-state index in [0.29, 0.717) is 6.61 Å². The van der Waals surface area contributed by atoms with Crippen LogP contribution in [-0.4, -0.2) is 42.5 Å². The molecule has 0 radical (unpaired) electrons. The normalized spacial score (nSPS) is 11.0. The van der Waals surface area contributed by atoms with Gasteiger partial charge in [0.2, 0.25) is 0 Å². The number of rotatable bonds is 9. The molecule has 0 N–H and O–H groups in total. The van der Waals surface area contributed by atoms with Gasteiger partial charge in [-0.05, 0) is 26.0 Å². The Hall–Kier alpha value is -2.03. The van der Waals surface area contributed by atoms with E-state index in [4.69, 9.17) is 24.2 Å². The summed E-state index contributed by atoms with van der Waals surface area (Å²) in [6.45, 7) is 5.61. The van der Waals surface area contributed by atoms with Crippen molar-refractivity contribution in [1.82, 2.24) is 14.5 Å². The van der Waals surface area contributed by atoms with Crippen LogP contribution < -0.4 is 9.47 Å². The number of hydrogen-bond donors (Lipinski definition) is 0. The maximum atomic E-state index is 5.51. The molecule has 0 amide bonds. The van der Waals surface area contributed by atoms with Gasteiger partial charge in [-0.1, -0.05) is 11.8 Å². The van der Waals surface area contributed by atoms with Gasteiger partial charge in [-0.25, -0.2) is 9.97 Å². The number of ether oxygens (including phenoxy) is 3. The molecule has 2 aromatic heterocycles. The third kappa shape index (κ3) is 4.51. The molecular formula is C20H25N3O3S2. The minimum Gasteiger partial charge on any atom is -0.497 e. The second-order valence-corrected chi connectivity index (χ2v) is 8.01. The quantitative estimate of drug-likeness (QED) is 0.473. The highest BCUT2D eigenvalue weighted by Crippen LogP contribution is 2.36. The van der Waals surface area contributed by atoms with Crippen LogP contribution in [0.4, 0.5) is 0 Å². The van der Waals surface area contributed by atoms with Crippen molar-refractivity contribution in [2.75, 3.05) is 27.9 Å². The first-order valence-electron chi connectivity index (χ1n) is 8.89. The van der Waals surface area contributed by atoms with Crippen molar-refractivity contribution in [2.45, 2.75) is 31.3 Å². The zero-order chi connectivity index (χ0) is 20.1. The Balaban J connectivity index is 1.75. The van der Waals surface area contributed by atoms with Gasteiger partial charge in [-0.2, -0.15) is 0 Å². The largest absolute Gasteiger partial charge is 0.497 e. The molecule has 0 spiro atoms. The van der Waals surface area contributed by atoms with E-state index >= 15 is 0 Å². The number of nitrogens with zero attached hydrogens (tertiary/aromatic N) is 3. The number of aryl methyl sites for hydroxylation is 1. The van der Waals surface area contributed by atoms with Gasteiger partial charge < -0.3 is 18.8 Å². The summed E-state index contributed by atoms with van der Waals surface area (Å²) in [7, 11) is 5.02. The first-order chi connectivity index (χ1) is 13.6. The standard InChI is InChI=1S/C20H25N3O3S2/c1-13-14(2)23(8-9-24-3)20(21-13)28-12-15-11-27-19(22-15)17-7-6-16(25-4)10-18(17)26-5/h6-7,10-11H,8-9,12H2,1-5H3. The number of hydrogen-bond acceptors (Lipinski definition) is 7. The van der Waals surface area contributed by atoms with Crippen LogP contribution in [0.15, 0.2) is 28.7 Å². The van der Waals surface area contributed by atoms with Gasteiger partial charge in [0, 0.05) is 36.5 Å². The Kier molecular flexibility index (Phi) is 6.98. The Morgan fingerprint density at radius 3 is 2.64 bits per heavy atom. The molecule has 6 nitrogen and oxygen atoms in total. The van der Waals surface area contributed by atoms with Crippen molar-refractivity contribution < 1.29 is 14.2 Å². The summed E-state index contributed by atoms with van der Waals surface area (Å²) in [4.78, 5) is 9.50. The average Bonchev–Trinajstić information content (AvgIpc) is 3.29. The predicted molar refractivity (Wildman–Crippen MR) is 114 cm³/mol. The van der Waals surface area contributed by atoms with Gasteiger partial charge in [0.05, 0.1) is 37.8 Å². The van der Waals surface area contributed by atoms with Crippen LogP contribution in [0.25, 0.3) is 10.6 Å². The van der Waals surface area contributed by atoms with E-state index in [0.717, 1.165) is 50.9 Å². The Morgan fingerprint density at radius 2 is 1.93 bits per heavy atom. The summed E-state index contributed by atoms with van der Waals surface area (Å²) in [6, 6.07) is 5.78. The fraction of sp³-hybridized carbons (Fsp3) is 0.400. The van der Waals surface area contributed by atoms with Gasteiger partial charge in [-0.3, -0.25) is 0 Å².